The predicted molar refractivity (Wildman–Crippen MR) is 34.9 cm³/mol. The average Bonchev–Trinajstić information content (AvgIpc) is 2.14. The van der Waals surface area contributed by atoms with E-state index < -0.39 is 46.3 Å². The molecule has 10 heteroatoms. The first kappa shape index (κ1) is 19.7. The Labute approximate surface area is 128 Å². The van der Waals surface area contributed by atoms with Crippen molar-refractivity contribution in [2.75, 3.05) is 0 Å². The average molecular weight is 452 g/mol. The smallest absolute Gasteiger partial charge is 0.545 e. The summed E-state index contributed by atoms with van der Waals surface area (Å²) in [7, 11) is 0. The van der Waals surface area contributed by atoms with Crippen LogP contribution in [0.1, 0.15) is 20.7 Å². The van der Waals surface area contributed by atoms with E-state index in [0.717, 1.165) is 0 Å². The number of halogens is 4. The maximum Gasteiger partial charge on any atom is 1.00 e. The molecule has 0 aromatic heterocycles. The van der Waals surface area contributed by atoms with Gasteiger partial charge in [-0.3, -0.25) is 0 Å². The molecule has 1 aromatic rings. The van der Waals surface area contributed by atoms with Crippen molar-refractivity contribution in [2.45, 2.75) is 0 Å². The van der Waals surface area contributed by atoms with Gasteiger partial charge in [-0.2, -0.15) is 0 Å². The molecule has 106 valence electrons. The summed E-state index contributed by atoms with van der Waals surface area (Å²) < 4.78 is 51.3. The van der Waals surface area contributed by atoms with Crippen LogP contribution in [0.3, 0.4) is 0 Å². The molecule has 1 aromatic carbocycles. The normalized spacial score (nSPS) is 9.11. The summed E-state index contributed by atoms with van der Waals surface area (Å²) in [6.45, 7) is 0. The van der Waals surface area contributed by atoms with Gasteiger partial charge in [0.2, 0.25) is 0 Å². The number of benzene rings is 1. The molecule has 0 atom stereocenters. The van der Waals surface area contributed by atoms with Gasteiger partial charge in [-0.1, -0.05) is 0 Å². The van der Waals surface area contributed by atoms with E-state index in [1.807, 2.05) is 0 Å². The fourth-order valence-electron chi connectivity index (χ4n) is 0.990. The fourth-order valence-corrected chi connectivity index (χ4v) is 0.990. The second-order valence-corrected chi connectivity index (χ2v) is 2.58. The fraction of sp³-hybridized carbons (Fsp3) is 0. The number of carbonyl (C=O) groups excluding carboxylic acids is 2. The Bertz CT molecular complexity index is 432. The third kappa shape index (κ3) is 3.22. The molecule has 0 unspecified atom stereocenters. The van der Waals surface area contributed by atoms with Crippen LogP contribution in [0.15, 0.2) is 0 Å². The molecule has 1 rings (SSSR count). The van der Waals surface area contributed by atoms with Gasteiger partial charge in [0.25, 0.3) is 0 Å². The third-order valence-electron chi connectivity index (χ3n) is 1.67. The molecule has 0 saturated heterocycles. The molecule has 0 aliphatic heterocycles. The van der Waals surface area contributed by atoms with Crippen LogP contribution < -0.4 is 10.2 Å². The van der Waals surface area contributed by atoms with E-state index >= 15 is 0 Å². The number of carboxylic acid groups (broad SMARTS) is 2. The Morgan fingerprint density at radius 2 is 0.833 bits per heavy atom. The van der Waals surface area contributed by atoms with Crippen LogP contribution in [0.5, 0.6) is 0 Å². The van der Waals surface area contributed by atoms with E-state index in [1.165, 1.54) is 0 Å². The molecule has 0 radical (unpaired) electrons. The molecule has 18 heavy (non-hydrogen) atoms. The van der Waals surface area contributed by atoms with Crippen LogP contribution in [-0.2, 0) is 44.8 Å². The minimum absolute atomic E-state index is 0. The Morgan fingerprint density at radius 3 is 0.944 bits per heavy atom. The Kier molecular flexibility index (Phi) is 7.74. The second-order valence-electron chi connectivity index (χ2n) is 2.58. The van der Waals surface area contributed by atoms with Crippen LogP contribution >= 0.6 is 0 Å². The van der Waals surface area contributed by atoms with Gasteiger partial charge in [0.1, 0.15) is 0 Å². The first-order valence-electron chi connectivity index (χ1n) is 3.57. The number of aromatic carboxylic acids is 2. The van der Waals surface area contributed by atoms with Crippen LogP contribution in [0.25, 0.3) is 0 Å². The van der Waals surface area contributed by atoms with E-state index in [1.54, 1.807) is 0 Å². The van der Waals surface area contributed by atoms with E-state index in [-0.39, 0.29) is 44.8 Å². The topological polar surface area (TPSA) is 80.3 Å². The molecule has 4 nitrogen and oxygen atoms in total. The first-order chi connectivity index (χ1) is 7.29. The maximum atomic E-state index is 12.8. The molecular weight excluding hydrogens is 452 g/mol. The summed E-state index contributed by atoms with van der Waals surface area (Å²) in [6, 6.07) is 0. The molecule has 0 N–H and O–H groups in total. The third-order valence-corrected chi connectivity index (χ3v) is 1.67. The maximum absolute atomic E-state index is 12.8. The van der Waals surface area contributed by atoms with Crippen molar-refractivity contribution in [1.29, 1.82) is 0 Å². The summed E-state index contributed by atoms with van der Waals surface area (Å²) in [4.78, 5) is 20.3. The number of carboxylic acids is 2. The van der Waals surface area contributed by atoms with Crippen molar-refractivity contribution in [3.63, 3.8) is 0 Å². The van der Waals surface area contributed by atoms with Crippen LogP contribution in [0.2, 0.25) is 0 Å². The van der Waals surface area contributed by atoms with Gasteiger partial charge in [0, 0.05) is 0 Å². The summed E-state index contributed by atoms with van der Waals surface area (Å²) in [6.07, 6.45) is 0. The van der Waals surface area contributed by atoms with Crippen molar-refractivity contribution >= 4 is 11.9 Å². The monoisotopic (exact) mass is 450 g/mol. The summed E-state index contributed by atoms with van der Waals surface area (Å²) >= 11 is 0. The summed E-state index contributed by atoms with van der Waals surface area (Å²) in [5, 5.41) is 20.3. The van der Waals surface area contributed by atoms with Crippen molar-refractivity contribution in [1.82, 2.24) is 0 Å². The second kappa shape index (κ2) is 7.07. The number of hydrogen-bond acceptors (Lipinski definition) is 4. The SMILES string of the molecule is O=C([O-])c1c(F)c(F)c(C(=O)[O-])c(F)c1F.[Ag+].[Ag+]. The van der Waals surface area contributed by atoms with Gasteiger partial charge >= 0.3 is 44.8 Å². The quantitative estimate of drug-likeness (QED) is 0.327. The van der Waals surface area contributed by atoms with Gasteiger partial charge in [-0.25, -0.2) is 17.6 Å². The predicted octanol–water partition coefficient (Wildman–Crippen LogP) is -1.04. The zero-order valence-corrected chi connectivity index (χ0v) is 10.7. The molecule has 0 amide bonds. The zero-order chi connectivity index (χ0) is 12.6. The van der Waals surface area contributed by atoms with Crippen LogP contribution in [-0.4, -0.2) is 11.9 Å². The van der Waals surface area contributed by atoms with Crippen LogP contribution in [0.4, 0.5) is 17.6 Å². The Morgan fingerprint density at radius 1 is 0.667 bits per heavy atom. The van der Waals surface area contributed by atoms with Gasteiger partial charge in [0.05, 0.1) is 23.1 Å². The van der Waals surface area contributed by atoms with E-state index in [0.29, 0.717) is 0 Å². The standard InChI is InChI=1S/C8H2F4O4.2Ag/c9-3-1(7(13)14)4(10)6(12)2(5(3)11)8(15)16;;/h(H,13,14)(H,15,16);;/q;2*+1/p-2. The number of rotatable bonds is 2. The number of carbonyl (C=O) groups is 2. The zero-order valence-electron chi connectivity index (χ0n) is 7.75. The summed E-state index contributed by atoms with van der Waals surface area (Å²) in [5.74, 6) is -14.5. The largest absolute Gasteiger partial charge is 1.00 e. The van der Waals surface area contributed by atoms with Crippen LogP contribution in [0, 0.1) is 23.3 Å². The molecule has 0 aliphatic carbocycles. The van der Waals surface area contributed by atoms with E-state index in [9.17, 15) is 37.4 Å². The van der Waals surface area contributed by atoms with E-state index in [2.05, 4.69) is 0 Å². The van der Waals surface area contributed by atoms with Crippen molar-refractivity contribution < 1.29 is 82.1 Å². The number of hydrogen-bond donors (Lipinski definition) is 0. The van der Waals surface area contributed by atoms with Crippen molar-refractivity contribution in [3.8, 4) is 0 Å². The molecule has 0 fully saturated rings. The molecule has 0 saturated carbocycles. The van der Waals surface area contributed by atoms with Gasteiger partial charge in [-0.05, 0) is 0 Å². The minimum atomic E-state index is -2.52. The molecule has 0 heterocycles. The van der Waals surface area contributed by atoms with Gasteiger partial charge in [-0.15, -0.1) is 0 Å². The minimum Gasteiger partial charge on any atom is -0.545 e. The first-order valence-corrected chi connectivity index (χ1v) is 3.57. The molecule has 0 spiro atoms. The Hall–Kier alpha value is -0.639. The van der Waals surface area contributed by atoms with Crippen molar-refractivity contribution in [2.24, 2.45) is 0 Å². The van der Waals surface area contributed by atoms with Gasteiger partial charge in [0.15, 0.2) is 23.3 Å². The Balaban J connectivity index is 0. The van der Waals surface area contributed by atoms with E-state index in [4.69, 9.17) is 0 Å². The molecule has 0 bridgehead atoms. The van der Waals surface area contributed by atoms with Crippen molar-refractivity contribution in [3.05, 3.63) is 34.4 Å². The molecular formula is C8Ag2F4O4. The molecule has 0 aliphatic rings. The van der Waals surface area contributed by atoms with Gasteiger partial charge < -0.3 is 19.8 Å². The summed E-state index contributed by atoms with van der Waals surface area (Å²) in [5.41, 5.74) is -4.03.